The number of carbonyl (C=O) groups excluding carboxylic acids is 2. The van der Waals surface area contributed by atoms with Gasteiger partial charge in [-0.05, 0) is 47.4 Å². The number of nitrogens with one attached hydrogen (secondary N) is 1. The van der Waals surface area contributed by atoms with Gasteiger partial charge in [-0.25, -0.2) is 4.79 Å². The maximum atomic E-state index is 13.0. The van der Waals surface area contributed by atoms with E-state index in [-0.39, 0.29) is 36.9 Å². The maximum Gasteiger partial charge on any atom is 0.407 e. The van der Waals surface area contributed by atoms with Crippen LogP contribution in [-0.2, 0) is 14.3 Å². The summed E-state index contributed by atoms with van der Waals surface area (Å²) in [5.74, 6) is 1.16. The Kier molecular flexibility index (Phi) is 5.52. The highest BCUT2D eigenvalue weighted by molar-refractivity contribution is 5.89. The Bertz CT molecular complexity index is 1160. The number of alkyl carbamates (subject to hydrolysis) is 1. The first-order valence-corrected chi connectivity index (χ1v) is 11.5. The normalized spacial score (nSPS) is 23.7. The Balaban J connectivity index is 1.19. The third-order valence-electron chi connectivity index (χ3n) is 7.40. The van der Waals surface area contributed by atoms with Gasteiger partial charge in [-0.1, -0.05) is 54.5 Å². The first-order chi connectivity index (χ1) is 16.4. The lowest BCUT2D eigenvalue weighted by Gasteiger charge is -2.24. The molecule has 0 radical (unpaired) electrons. The first kappa shape index (κ1) is 22.0. The Hall–Kier alpha value is -3.79. The van der Waals surface area contributed by atoms with Gasteiger partial charge in [0.25, 0.3) is 0 Å². The molecule has 3 atom stereocenters. The van der Waals surface area contributed by atoms with E-state index in [1.807, 2.05) is 24.3 Å². The number of rotatable bonds is 7. The third-order valence-corrected chi connectivity index (χ3v) is 7.40. The van der Waals surface area contributed by atoms with Crippen LogP contribution in [0.5, 0.6) is 0 Å². The number of terminal acetylenes is 1. The topological polar surface area (TPSA) is 95.9 Å². The van der Waals surface area contributed by atoms with Crippen LogP contribution in [0.25, 0.3) is 11.1 Å². The van der Waals surface area contributed by atoms with Crippen molar-refractivity contribution >= 4 is 18.0 Å². The highest BCUT2D eigenvalue weighted by Crippen LogP contribution is 2.64. The van der Waals surface area contributed by atoms with Crippen molar-refractivity contribution in [3.05, 3.63) is 59.7 Å². The summed E-state index contributed by atoms with van der Waals surface area (Å²) >= 11 is 0. The van der Waals surface area contributed by atoms with Gasteiger partial charge in [-0.2, -0.15) is 0 Å². The van der Waals surface area contributed by atoms with Gasteiger partial charge in [0.2, 0.25) is 5.91 Å². The number of carboxylic acid groups (broad SMARTS) is 1. The number of aliphatic carboxylic acids is 1. The van der Waals surface area contributed by atoms with Gasteiger partial charge in [0.05, 0.1) is 12.0 Å². The largest absolute Gasteiger partial charge is 0.480 e. The second-order valence-corrected chi connectivity index (χ2v) is 9.42. The van der Waals surface area contributed by atoms with Crippen molar-refractivity contribution in [2.45, 2.75) is 31.2 Å². The summed E-state index contributed by atoms with van der Waals surface area (Å²) in [5.41, 5.74) is 4.01. The number of carbonyl (C=O) groups is 3. The van der Waals surface area contributed by atoms with Crippen molar-refractivity contribution in [1.29, 1.82) is 0 Å². The zero-order valence-electron chi connectivity index (χ0n) is 18.7. The number of nitrogens with zero attached hydrogens (tertiary/aromatic N) is 1. The highest BCUT2D eigenvalue weighted by atomic mass is 16.5. The van der Waals surface area contributed by atoms with E-state index in [2.05, 4.69) is 35.5 Å². The highest BCUT2D eigenvalue weighted by Gasteiger charge is 2.66. The van der Waals surface area contributed by atoms with Crippen LogP contribution in [0.3, 0.4) is 0 Å². The van der Waals surface area contributed by atoms with E-state index in [1.165, 1.54) is 16.0 Å². The van der Waals surface area contributed by atoms with Crippen LogP contribution in [0.1, 0.15) is 36.3 Å². The minimum absolute atomic E-state index is 0.0172. The molecule has 0 aromatic heterocycles. The molecule has 0 bridgehead atoms. The predicted octanol–water partition coefficient (Wildman–Crippen LogP) is 3.24. The van der Waals surface area contributed by atoms with Crippen LogP contribution < -0.4 is 5.32 Å². The summed E-state index contributed by atoms with van der Waals surface area (Å²) in [5, 5.41) is 12.0. The van der Waals surface area contributed by atoms with Gasteiger partial charge in [0.1, 0.15) is 13.2 Å². The van der Waals surface area contributed by atoms with E-state index < -0.39 is 24.0 Å². The van der Waals surface area contributed by atoms with Gasteiger partial charge in [-0.3, -0.25) is 9.59 Å². The second-order valence-electron chi connectivity index (χ2n) is 9.42. The van der Waals surface area contributed by atoms with E-state index in [9.17, 15) is 14.4 Å². The average molecular weight is 459 g/mol. The van der Waals surface area contributed by atoms with E-state index in [0.29, 0.717) is 19.3 Å². The van der Waals surface area contributed by atoms with E-state index >= 15 is 0 Å². The van der Waals surface area contributed by atoms with Crippen LogP contribution in [0.2, 0.25) is 0 Å². The standard InChI is InChI=1S/C27H26N2O5/c1-2-11-29(15-24(30)31)25(32)27-13-17(27)12-18(14-27)28-26(33)34-16-23-21-9-5-3-7-19(21)20-8-4-6-10-22(20)23/h1,3-10,17-18,23H,11-16H2,(H,28,33)(H,30,31)/t17-,18+,27+/m0/s1. The molecule has 2 fully saturated rings. The molecule has 0 spiro atoms. The Labute approximate surface area is 198 Å². The predicted molar refractivity (Wildman–Crippen MR) is 125 cm³/mol. The van der Waals surface area contributed by atoms with E-state index in [4.69, 9.17) is 16.3 Å². The number of hydrogen-bond donors (Lipinski definition) is 2. The monoisotopic (exact) mass is 458 g/mol. The van der Waals surface area contributed by atoms with Crippen molar-refractivity contribution in [2.24, 2.45) is 11.3 Å². The fraction of sp³-hybridized carbons (Fsp3) is 0.370. The molecule has 0 unspecified atom stereocenters. The fourth-order valence-electron chi connectivity index (χ4n) is 5.86. The lowest BCUT2D eigenvalue weighted by atomic mass is 9.98. The first-order valence-electron chi connectivity index (χ1n) is 11.5. The summed E-state index contributed by atoms with van der Waals surface area (Å²) in [7, 11) is 0. The molecule has 3 aliphatic rings. The zero-order valence-corrected chi connectivity index (χ0v) is 18.7. The van der Waals surface area contributed by atoms with Crippen molar-refractivity contribution in [3.8, 4) is 23.5 Å². The fourth-order valence-corrected chi connectivity index (χ4v) is 5.86. The minimum Gasteiger partial charge on any atom is -0.480 e. The molecule has 2 N–H and O–H groups in total. The smallest absolute Gasteiger partial charge is 0.407 e. The molecular formula is C27H26N2O5. The van der Waals surface area contributed by atoms with Crippen molar-refractivity contribution < 1.29 is 24.2 Å². The number of hydrogen-bond acceptors (Lipinski definition) is 4. The molecule has 0 saturated heterocycles. The number of amides is 2. The molecule has 3 aliphatic carbocycles. The van der Waals surface area contributed by atoms with Crippen molar-refractivity contribution in [1.82, 2.24) is 10.2 Å². The van der Waals surface area contributed by atoms with Gasteiger partial charge < -0.3 is 20.1 Å². The van der Waals surface area contributed by atoms with Crippen LogP contribution in [0.15, 0.2) is 48.5 Å². The van der Waals surface area contributed by atoms with Crippen LogP contribution in [0, 0.1) is 23.7 Å². The molecule has 2 saturated carbocycles. The molecule has 7 nitrogen and oxygen atoms in total. The summed E-state index contributed by atoms with van der Waals surface area (Å²) in [6, 6.07) is 16.1. The second kappa shape index (κ2) is 8.53. The summed E-state index contributed by atoms with van der Waals surface area (Å²) in [4.78, 5) is 38.0. The van der Waals surface area contributed by atoms with E-state index in [0.717, 1.165) is 11.1 Å². The molecule has 0 aliphatic heterocycles. The average Bonchev–Trinajstić information content (AvgIpc) is 3.25. The Morgan fingerprint density at radius 2 is 1.74 bits per heavy atom. The van der Waals surface area contributed by atoms with Crippen LogP contribution >= 0.6 is 0 Å². The molecule has 2 amide bonds. The van der Waals surface area contributed by atoms with Crippen LogP contribution in [0.4, 0.5) is 4.79 Å². The number of fused-ring (bicyclic) bond motifs is 4. The molecular weight excluding hydrogens is 432 g/mol. The quantitative estimate of drug-likeness (QED) is 0.621. The molecule has 2 aromatic carbocycles. The minimum atomic E-state index is -1.09. The van der Waals surface area contributed by atoms with E-state index in [1.54, 1.807) is 0 Å². The van der Waals surface area contributed by atoms with Crippen molar-refractivity contribution in [3.63, 3.8) is 0 Å². The Morgan fingerprint density at radius 1 is 1.09 bits per heavy atom. The van der Waals surface area contributed by atoms with Crippen molar-refractivity contribution in [2.75, 3.05) is 19.7 Å². The summed E-state index contributed by atoms with van der Waals surface area (Å²) in [6.45, 7) is -0.222. The number of carboxylic acids is 1. The lowest BCUT2D eigenvalue weighted by Crippen LogP contribution is -2.42. The van der Waals surface area contributed by atoms with Gasteiger partial charge in [0, 0.05) is 12.0 Å². The lowest BCUT2D eigenvalue weighted by molar-refractivity contribution is -0.146. The van der Waals surface area contributed by atoms with Gasteiger partial charge in [-0.15, -0.1) is 6.42 Å². The molecule has 0 heterocycles. The van der Waals surface area contributed by atoms with Crippen LogP contribution in [-0.4, -0.2) is 53.7 Å². The third kappa shape index (κ3) is 3.79. The molecule has 34 heavy (non-hydrogen) atoms. The van der Waals surface area contributed by atoms with Gasteiger partial charge >= 0.3 is 12.1 Å². The number of ether oxygens (including phenoxy) is 1. The molecule has 2 aromatic rings. The SMILES string of the molecule is C#CCN(CC(=O)O)C(=O)[C@]12C[C@H](NC(=O)OCC3c4ccccc4-c4ccccc43)C[C@H]1C2. The summed E-state index contributed by atoms with van der Waals surface area (Å²) in [6.07, 6.45) is 6.68. The maximum absolute atomic E-state index is 13.0. The summed E-state index contributed by atoms with van der Waals surface area (Å²) < 4.78 is 5.63. The van der Waals surface area contributed by atoms with Gasteiger partial charge in [0.15, 0.2) is 0 Å². The molecule has 7 heteroatoms. The Morgan fingerprint density at radius 3 is 2.35 bits per heavy atom. The molecule has 5 rings (SSSR count). The molecule has 174 valence electrons. The number of benzene rings is 2. The zero-order chi connectivity index (χ0) is 23.9.